The molecule has 0 saturated carbocycles. The van der Waals surface area contributed by atoms with Gasteiger partial charge in [-0.15, -0.1) is 0 Å². The Morgan fingerprint density at radius 1 is 1.04 bits per heavy atom. The van der Waals surface area contributed by atoms with E-state index in [-0.39, 0.29) is 24.7 Å². The fourth-order valence-electron chi connectivity index (χ4n) is 6.60. The van der Waals surface area contributed by atoms with E-state index in [9.17, 15) is 34.5 Å². The lowest BCUT2D eigenvalue weighted by molar-refractivity contribution is -0.339. The fourth-order valence-corrected chi connectivity index (χ4v) is 6.60. The van der Waals surface area contributed by atoms with Crippen molar-refractivity contribution in [2.45, 2.75) is 108 Å². The van der Waals surface area contributed by atoms with Gasteiger partial charge in [0.15, 0.2) is 6.10 Å². The number of ether oxygens (including phenoxy) is 6. The second kappa shape index (κ2) is 16.4. The Hall–Kier alpha value is -3.62. The van der Waals surface area contributed by atoms with Crippen LogP contribution in [0.1, 0.15) is 65.9 Å². The normalized spacial score (nSPS) is 30.1. The molecule has 0 aliphatic carbocycles. The van der Waals surface area contributed by atoms with Crippen LogP contribution in [-0.2, 0) is 54.0 Å². The molecule has 2 aliphatic rings. The van der Waals surface area contributed by atoms with Gasteiger partial charge in [-0.3, -0.25) is 4.79 Å². The molecular weight excluding hydrogens is 640 g/mol. The van der Waals surface area contributed by atoms with E-state index in [1.165, 1.54) is 6.92 Å². The summed E-state index contributed by atoms with van der Waals surface area (Å²) in [7, 11) is 1.80. The Morgan fingerprint density at radius 3 is 2.24 bits per heavy atom. The Labute approximate surface area is 287 Å². The predicted octanol–water partition coefficient (Wildman–Crippen LogP) is 2.93. The third kappa shape index (κ3) is 8.07. The van der Waals surface area contributed by atoms with Crippen LogP contribution in [0.15, 0.2) is 54.6 Å². The zero-order valence-corrected chi connectivity index (χ0v) is 29.2. The summed E-state index contributed by atoms with van der Waals surface area (Å²) in [5.41, 5.74) is -5.05. The number of methoxy groups -OCH3 is 2. The molecule has 2 fully saturated rings. The Balaban J connectivity index is 2.00. The molecule has 2 bridgehead atoms. The van der Waals surface area contributed by atoms with Crippen molar-refractivity contribution in [3.63, 3.8) is 0 Å². The minimum absolute atomic E-state index is 0.0452. The first-order valence-electron chi connectivity index (χ1n) is 16.4. The van der Waals surface area contributed by atoms with Crippen LogP contribution in [-0.4, -0.2) is 95.0 Å². The number of hydrogen-bond donors (Lipinski definition) is 3. The Bertz CT molecular complexity index is 1380. The summed E-state index contributed by atoms with van der Waals surface area (Å²) in [6.45, 7) is 13.2. The first-order chi connectivity index (χ1) is 23.0. The van der Waals surface area contributed by atoms with E-state index in [0.29, 0.717) is 17.9 Å². The SMILES string of the molecule is C=C(CC[C@@]12O[C@H](O)[C@@](C(=O)OC)(O1)[C@@](O)(C(=O)OC)[C@H](OC(=O)/C=C/[C@@H](C)C[C@@H](C)CC)[C@H]2O)[C@@H](OC(C)=O)[C@H](C)Cc1ccccc1. The van der Waals surface area contributed by atoms with Crippen LogP contribution >= 0.6 is 0 Å². The van der Waals surface area contributed by atoms with Gasteiger partial charge in [-0.2, -0.15) is 0 Å². The van der Waals surface area contributed by atoms with Gasteiger partial charge < -0.3 is 43.7 Å². The molecule has 2 heterocycles. The second-order valence-electron chi connectivity index (χ2n) is 13.1. The van der Waals surface area contributed by atoms with Gasteiger partial charge >= 0.3 is 23.9 Å². The van der Waals surface area contributed by atoms with E-state index >= 15 is 0 Å². The summed E-state index contributed by atoms with van der Waals surface area (Å²) in [6, 6.07) is 9.52. The van der Waals surface area contributed by atoms with Crippen molar-refractivity contribution in [3.05, 3.63) is 60.2 Å². The van der Waals surface area contributed by atoms with Gasteiger partial charge in [-0.1, -0.05) is 77.1 Å². The molecule has 13 nitrogen and oxygen atoms in total. The smallest absolute Gasteiger partial charge is 0.347 e. The number of aliphatic hydroxyl groups is 3. The van der Waals surface area contributed by atoms with E-state index in [4.69, 9.17) is 28.4 Å². The highest BCUT2D eigenvalue weighted by Crippen LogP contribution is 2.55. The summed E-state index contributed by atoms with van der Waals surface area (Å²) >= 11 is 0. The van der Waals surface area contributed by atoms with Gasteiger partial charge in [0, 0.05) is 25.3 Å². The number of allylic oxidation sites excluding steroid dienone is 1. The minimum atomic E-state index is -3.35. The van der Waals surface area contributed by atoms with Crippen LogP contribution in [0.4, 0.5) is 0 Å². The number of carbonyl (C=O) groups excluding carboxylic acids is 4. The number of benzene rings is 1. The lowest BCUT2D eigenvalue weighted by atomic mass is 9.72. The first kappa shape index (κ1) is 39.8. The van der Waals surface area contributed by atoms with Gasteiger partial charge in [0.25, 0.3) is 5.60 Å². The number of hydrogen-bond acceptors (Lipinski definition) is 13. The molecular formula is C36H50O13. The molecule has 3 N–H and O–H groups in total. The van der Waals surface area contributed by atoms with Crippen LogP contribution in [0.25, 0.3) is 0 Å². The van der Waals surface area contributed by atoms with Crippen molar-refractivity contribution >= 4 is 23.9 Å². The van der Waals surface area contributed by atoms with Crippen molar-refractivity contribution in [1.29, 1.82) is 0 Å². The average Bonchev–Trinajstić information content (AvgIpc) is 3.37. The average molecular weight is 691 g/mol. The number of esters is 4. The molecule has 0 aromatic heterocycles. The number of fused-ring (bicyclic) bond motifs is 2. The third-order valence-corrected chi connectivity index (χ3v) is 9.38. The predicted molar refractivity (Wildman–Crippen MR) is 174 cm³/mol. The lowest BCUT2D eigenvalue weighted by Gasteiger charge is -2.50. The van der Waals surface area contributed by atoms with Crippen LogP contribution in [0.2, 0.25) is 0 Å². The molecule has 10 atom stereocenters. The maximum absolute atomic E-state index is 13.4. The van der Waals surface area contributed by atoms with E-state index in [0.717, 1.165) is 38.7 Å². The van der Waals surface area contributed by atoms with E-state index in [1.807, 2.05) is 51.1 Å². The molecule has 1 aromatic rings. The molecule has 13 heteroatoms. The van der Waals surface area contributed by atoms with Crippen molar-refractivity contribution < 1.29 is 62.9 Å². The molecule has 272 valence electrons. The van der Waals surface area contributed by atoms with Crippen LogP contribution in [0, 0.1) is 17.8 Å². The summed E-state index contributed by atoms with van der Waals surface area (Å²) in [6.07, 6.45) is -3.22. The molecule has 2 saturated heterocycles. The second-order valence-corrected chi connectivity index (χ2v) is 13.1. The van der Waals surface area contributed by atoms with E-state index in [2.05, 4.69) is 13.5 Å². The van der Waals surface area contributed by atoms with Crippen LogP contribution in [0.5, 0.6) is 0 Å². The summed E-state index contributed by atoms with van der Waals surface area (Å²) in [4.78, 5) is 51.9. The number of aliphatic hydroxyl groups excluding tert-OH is 2. The zero-order chi connectivity index (χ0) is 36.7. The van der Waals surface area contributed by atoms with Crippen molar-refractivity contribution in [1.82, 2.24) is 0 Å². The molecule has 0 unspecified atom stereocenters. The summed E-state index contributed by atoms with van der Waals surface area (Å²) < 4.78 is 32.4. The van der Waals surface area contributed by atoms with Gasteiger partial charge in [0.05, 0.1) is 14.2 Å². The highest BCUT2D eigenvalue weighted by atomic mass is 16.8. The molecule has 0 amide bonds. The summed E-state index contributed by atoms with van der Waals surface area (Å²) in [5.74, 6) is -6.95. The van der Waals surface area contributed by atoms with Crippen molar-refractivity contribution in [2.24, 2.45) is 17.8 Å². The van der Waals surface area contributed by atoms with E-state index in [1.54, 1.807) is 6.08 Å². The highest BCUT2D eigenvalue weighted by Gasteiger charge is 2.85. The van der Waals surface area contributed by atoms with Gasteiger partial charge in [0.1, 0.15) is 12.2 Å². The highest BCUT2D eigenvalue weighted by molar-refractivity contribution is 5.95. The molecule has 49 heavy (non-hydrogen) atoms. The monoisotopic (exact) mass is 690 g/mol. The van der Waals surface area contributed by atoms with Crippen molar-refractivity contribution in [2.75, 3.05) is 14.2 Å². The molecule has 1 aromatic carbocycles. The Morgan fingerprint density at radius 2 is 1.67 bits per heavy atom. The summed E-state index contributed by atoms with van der Waals surface area (Å²) in [5, 5.41) is 34.9. The number of carbonyl (C=O) groups is 4. The zero-order valence-electron chi connectivity index (χ0n) is 29.2. The molecule has 3 rings (SSSR count). The topological polar surface area (TPSA) is 184 Å². The maximum atomic E-state index is 13.4. The van der Waals surface area contributed by atoms with Gasteiger partial charge in [-0.05, 0) is 42.2 Å². The number of rotatable bonds is 16. The van der Waals surface area contributed by atoms with Gasteiger partial charge in [0.2, 0.25) is 17.7 Å². The van der Waals surface area contributed by atoms with Crippen LogP contribution < -0.4 is 0 Å². The fraction of sp³-hybridized carbons (Fsp3) is 0.611. The van der Waals surface area contributed by atoms with E-state index < -0.39 is 65.5 Å². The minimum Gasteiger partial charge on any atom is -0.467 e. The lowest BCUT2D eigenvalue weighted by Crippen LogP contribution is -2.80. The molecule has 0 spiro atoms. The van der Waals surface area contributed by atoms with Crippen LogP contribution in [0.3, 0.4) is 0 Å². The Kier molecular flexibility index (Phi) is 13.3. The molecule has 2 aliphatic heterocycles. The third-order valence-electron chi connectivity index (χ3n) is 9.38. The molecule has 0 radical (unpaired) electrons. The van der Waals surface area contributed by atoms with Gasteiger partial charge in [-0.25, -0.2) is 14.4 Å². The maximum Gasteiger partial charge on any atom is 0.347 e. The first-order valence-corrected chi connectivity index (χ1v) is 16.4. The standard InChI is InChI=1S/C36H50O13/c1-9-21(2)19-22(3)15-16-27(38)47-30-29(39)34(48-33(42)36(49-34,32(41)45-8)35(30,43)31(40)44-7)18-17-23(4)28(46-25(6)37)24(5)20-26-13-11-10-12-14-26/h10-16,21-22,24,28-30,33,39,42-43H,4,9,17-20H2,1-3,5-8H3/b16-15+/t21-,22+,24+,28+,29+,30+,33-,34+,35-,36+/m0/s1. The quantitative estimate of drug-likeness (QED) is 0.0997. The largest absolute Gasteiger partial charge is 0.467 e. The van der Waals surface area contributed by atoms with Crippen molar-refractivity contribution in [3.8, 4) is 0 Å².